The molecule has 1 saturated heterocycles. The summed E-state index contributed by atoms with van der Waals surface area (Å²) in [5.74, 6) is 3.01. The monoisotopic (exact) mass is 361 g/mol. The summed E-state index contributed by atoms with van der Waals surface area (Å²) in [5.41, 5.74) is 2.98. The van der Waals surface area contributed by atoms with E-state index in [1.165, 1.54) is 37.1 Å². The Morgan fingerprint density at radius 2 is 2.12 bits per heavy atom. The largest absolute Gasteiger partial charge is 0.497 e. The molecule has 4 heteroatoms. The van der Waals surface area contributed by atoms with Crippen molar-refractivity contribution in [2.24, 2.45) is 11.8 Å². The Bertz CT molecular complexity index is 686. The first-order valence-electron chi connectivity index (χ1n) is 9.63. The molecule has 3 aliphatic carbocycles. The lowest BCUT2D eigenvalue weighted by molar-refractivity contribution is -0.127. The lowest BCUT2D eigenvalue weighted by Crippen LogP contribution is -2.62. The normalized spacial score (nSPS) is 33.9. The molecule has 0 N–H and O–H groups in total. The third-order valence-corrected chi connectivity index (χ3v) is 7.21. The van der Waals surface area contributed by atoms with Crippen LogP contribution >= 0.6 is 12.4 Å². The highest BCUT2D eigenvalue weighted by Crippen LogP contribution is 2.55. The number of likely N-dealkylation sites (tertiary alicyclic amines) is 1. The smallest absolute Gasteiger partial charge is 0.133 e. The number of hydrogen-bond acceptors (Lipinski definition) is 3. The van der Waals surface area contributed by atoms with Crippen LogP contribution in [0.15, 0.2) is 18.2 Å². The van der Waals surface area contributed by atoms with Crippen LogP contribution in [-0.2, 0) is 16.6 Å². The summed E-state index contributed by atoms with van der Waals surface area (Å²) in [7, 11) is 1.74. The van der Waals surface area contributed by atoms with Crippen LogP contribution in [-0.4, -0.2) is 36.9 Å². The zero-order valence-corrected chi connectivity index (χ0v) is 15.8. The molecule has 4 aliphatic rings. The Morgan fingerprint density at radius 3 is 2.88 bits per heavy atom. The van der Waals surface area contributed by atoms with E-state index in [0.29, 0.717) is 17.7 Å². The maximum atomic E-state index is 12.4. The van der Waals surface area contributed by atoms with E-state index in [2.05, 4.69) is 23.1 Å². The van der Waals surface area contributed by atoms with Crippen LogP contribution in [0.5, 0.6) is 5.75 Å². The molecule has 3 fully saturated rings. The standard InChI is InChI=1S/C21H27NO2.ClH/c1-24-17-6-4-15-10-20-18-7-5-16(23)12-21(18,19(15)11-17)8-9-22(20)13-14-2-3-14;/h4,6,11,14,18,20H,2-3,5,7-10,12-13H2,1H3;1H/t18-,20+,21-;/m0./s1. The number of carbonyl (C=O) groups excluding carboxylic acids is 1. The highest BCUT2D eigenvalue weighted by Gasteiger charge is 2.55. The van der Waals surface area contributed by atoms with Crippen molar-refractivity contribution in [3.05, 3.63) is 29.3 Å². The molecule has 2 bridgehead atoms. The van der Waals surface area contributed by atoms with Crippen LogP contribution in [0.1, 0.15) is 49.7 Å². The van der Waals surface area contributed by atoms with Crippen LogP contribution in [0.25, 0.3) is 0 Å². The summed E-state index contributed by atoms with van der Waals surface area (Å²) >= 11 is 0. The van der Waals surface area contributed by atoms with Crippen molar-refractivity contribution >= 4 is 18.2 Å². The SMILES string of the molecule is COc1ccc2c(c1)[C@]13CCN(CC4CC4)[C@H](C2)[C@@H]1CCC(=O)C3.Cl. The molecular weight excluding hydrogens is 334 g/mol. The summed E-state index contributed by atoms with van der Waals surface area (Å²) in [6, 6.07) is 7.25. The fourth-order valence-corrected chi connectivity index (χ4v) is 5.87. The number of ether oxygens (including phenoxy) is 1. The highest BCUT2D eigenvalue weighted by molar-refractivity contribution is 5.85. The van der Waals surface area contributed by atoms with Gasteiger partial charge in [0.15, 0.2) is 0 Å². The Kier molecular flexibility index (Phi) is 4.36. The van der Waals surface area contributed by atoms with Gasteiger partial charge in [-0.3, -0.25) is 9.69 Å². The van der Waals surface area contributed by atoms with E-state index in [-0.39, 0.29) is 17.8 Å². The van der Waals surface area contributed by atoms with Gasteiger partial charge in [0, 0.05) is 30.8 Å². The number of rotatable bonds is 3. The molecule has 1 aromatic carbocycles. The molecule has 2 saturated carbocycles. The molecule has 0 radical (unpaired) electrons. The number of ketones is 1. The Morgan fingerprint density at radius 1 is 1.28 bits per heavy atom. The van der Waals surface area contributed by atoms with E-state index < -0.39 is 0 Å². The number of halogens is 1. The number of carbonyl (C=O) groups is 1. The predicted octanol–water partition coefficient (Wildman–Crippen LogP) is 3.76. The third-order valence-electron chi connectivity index (χ3n) is 7.21. The number of nitrogens with zero attached hydrogens (tertiary/aromatic N) is 1. The van der Waals surface area contributed by atoms with Crippen molar-refractivity contribution in [1.29, 1.82) is 0 Å². The topological polar surface area (TPSA) is 29.5 Å². The second kappa shape index (κ2) is 6.28. The zero-order chi connectivity index (χ0) is 16.3. The van der Waals surface area contributed by atoms with E-state index >= 15 is 0 Å². The van der Waals surface area contributed by atoms with E-state index in [0.717, 1.165) is 43.8 Å². The molecule has 25 heavy (non-hydrogen) atoms. The number of Topliss-reactive ketones (excluding diaryl/α,β-unsaturated/α-hetero) is 1. The molecule has 1 aliphatic heterocycles. The van der Waals surface area contributed by atoms with Gasteiger partial charge in [0.25, 0.3) is 0 Å². The molecule has 3 atom stereocenters. The summed E-state index contributed by atoms with van der Waals surface area (Å²) in [6.45, 7) is 2.46. The summed E-state index contributed by atoms with van der Waals surface area (Å²) in [4.78, 5) is 15.2. The van der Waals surface area contributed by atoms with Gasteiger partial charge in [-0.25, -0.2) is 0 Å². The van der Waals surface area contributed by atoms with Crippen molar-refractivity contribution in [3.8, 4) is 5.75 Å². The van der Waals surface area contributed by atoms with Gasteiger partial charge >= 0.3 is 0 Å². The molecule has 0 unspecified atom stereocenters. The molecule has 0 spiro atoms. The van der Waals surface area contributed by atoms with Crippen LogP contribution in [0.4, 0.5) is 0 Å². The number of benzene rings is 1. The van der Waals surface area contributed by atoms with Crippen LogP contribution in [0.2, 0.25) is 0 Å². The average molecular weight is 362 g/mol. The minimum Gasteiger partial charge on any atom is -0.497 e. The summed E-state index contributed by atoms with van der Waals surface area (Å²) < 4.78 is 5.51. The van der Waals surface area contributed by atoms with Gasteiger partial charge in [-0.15, -0.1) is 12.4 Å². The van der Waals surface area contributed by atoms with Crippen LogP contribution < -0.4 is 4.74 Å². The maximum Gasteiger partial charge on any atom is 0.133 e. The lowest BCUT2D eigenvalue weighted by Gasteiger charge is -2.58. The van der Waals surface area contributed by atoms with E-state index in [9.17, 15) is 4.79 Å². The quantitative estimate of drug-likeness (QED) is 0.820. The predicted molar refractivity (Wildman–Crippen MR) is 101 cm³/mol. The first kappa shape index (κ1) is 17.4. The molecular formula is C21H28ClNO2. The highest BCUT2D eigenvalue weighted by atomic mass is 35.5. The Labute approximate surface area is 156 Å². The minimum absolute atomic E-state index is 0. The second-order valence-corrected chi connectivity index (χ2v) is 8.50. The number of fused-ring (bicyclic) bond motifs is 1. The third kappa shape index (κ3) is 2.71. The Balaban J connectivity index is 0.00000157. The van der Waals surface area contributed by atoms with Gasteiger partial charge in [0.1, 0.15) is 11.5 Å². The van der Waals surface area contributed by atoms with Crippen molar-refractivity contribution in [3.63, 3.8) is 0 Å². The Hall–Kier alpha value is -1.06. The van der Waals surface area contributed by atoms with Gasteiger partial charge in [0.05, 0.1) is 7.11 Å². The van der Waals surface area contributed by atoms with Crippen molar-refractivity contribution < 1.29 is 9.53 Å². The molecule has 136 valence electrons. The number of hydrogen-bond donors (Lipinski definition) is 0. The van der Waals surface area contributed by atoms with Crippen molar-refractivity contribution in [2.45, 2.75) is 56.4 Å². The fraction of sp³-hybridized carbons (Fsp3) is 0.667. The molecule has 5 rings (SSSR count). The molecule has 1 aromatic rings. The fourth-order valence-electron chi connectivity index (χ4n) is 5.87. The van der Waals surface area contributed by atoms with Gasteiger partial charge in [0.2, 0.25) is 0 Å². The number of piperidine rings is 1. The first-order valence-corrected chi connectivity index (χ1v) is 9.63. The molecule has 3 nitrogen and oxygen atoms in total. The lowest BCUT2D eigenvalue weighted by atomic mass is 9.52. The maximum absolute atomic E-state index is 12.4. The van der Waals surface area contributed by atoms with Crippen molar-refractivity contribution in [2.75, 3.05) is 20.2 Å². The molecule has 0 amide bonds. The van der Waals surface area contributed by atoms with Gasteiger partial charge in [-0.1, -0.05) is 6.07 Å². The van der Waals surface area contributed by atoms with Gasteiger partial charge in [-0.2, -0.15) is 0 Å². The molecule has 1 heterocycles. The number of methoxy groups -OCH3 is 1. The summed E-state index contributed by atoms with van der Waals surface area (Å²) in [5, 5.41) is 0. The molecule has 0 aromatic heterocycles. The first-order chi connectivity index (χ1) is 11.7. The summed E-state index contributed by atoms with van der Waals surface area (Å²) in [6.07, 6.45) is 7.78. The van der Waals surface area contributed by atoms with E-state index in [4.69, 9.17) is 4.74 Å². The second-order valence-electron chi connectivity index (χ2n) is 8.50. The zero-order valence-electron chi connectivity index (χ0n) is 15.0. The van der Waals surface area contributed by atoms with Crippen LogP contribution in [0.3, 0.4) is 0 Å². The van der Waals surface area contributed by atoms with Crippen molar-refractivity contribution in [1.82, 2.24) is 4.90 Å². The minimum atomic E-state index is 0. The van der Waals surface area contributed by atoms with E-state index in [1.807, 2.05) is 0 Å². The van der Waals surface area contributed by atoms with Gasteiger partial charge in [-0.05, 0) is 73.7 Å². The van der Waals surface area contributed by atoms with Gasteiger partial charge < -0.3 is 4.74 Å². The average Bonchev–Trinajstić information content (AvgIpc) is 3.41. The van der Waals surface area contributed by atoms with E-state index in [1.54, 1.807) is 7.11 Å². The van der Waals surface area contributed by atoms with Crippen LogP contribution in [0, 0.1) is 11.8 Å².